The summed E-state index contributed by atoms with van der Waals surface area (Å²) in [5.41, 5.74) is 0. The molecule has 0 amide bonds. The van der Waals surface area contributed by atoms with Crippen LogP contribution >= 0.6 is 0 Å². The fourth-order valence-electron chi connectivity index (χ4n) is 1.04. The Morgan fingerprint density at radius 2 is 1.93 bits per heavy atom. The lowest BCUT2D eigenvalue weighted by molar-refractivity contribution is -0.137. The van der Waals surface area contributed by atoms with Gasteiger partial charge in [0, 0.05) is 6.07 Å². The normalized spacial score (nSPS) is 9.47. The Bertz CT molecular complexity index is 371. The second-order valence-electron chi connectivity index (χ2n) is 3.03. The van der Waals surface area contributed by atoms with E-state index in [1.807, 2.05) is 0 Å². The molecule has 4 heteroatoms. The third kappa shape index (κ3) is 3.81. The molecule has 0 bridgehead atoms. The number of methoxy groups -OCH3 is 1. The molecule has 4 nitrogen and oxygen atoms in total. The molecule has 1 rings (SSSR count). The first-order chi connectivity index (χ1) is 7.11. The standard InChI is InChI=1S/C11H12O4/c1-8(12)6-11(13)15-10-5-3-4-9(7-10)14-2/h3-5,7H,6H2,1-2H3. The number of carbonyl (C=O) groups is 2. The van der Waals surface area contributed by atoms with Crippen molar-refractivity contribution in [2.45, 2.75) is 13.3 Å². The van der Waals surface area contributed by atoms with Gasteiger partial charge in [-0.2, -0.15) is 0 Å². The summed E-state index contributed by atoms with van der Waals surface area (Å²) >= 11 is 0. The summed E-state index contributed by atoms with van der Waals surface area (Å²) in [6.45, 7) is 1.34. The van der Waals surface area contributed by atoms with Crippen LogP contribution in [0.25, 0.3) is 0 Å². The number of ketones is 1. The molecular weight excluding hydrogens is 196 g/mol. The molecule has 0 aliphatic carbocycles. The Kier molecular flexibility index (Phi) is 3.85. The summed E-state index contributed by atoms with van der Waals surface area (Å²) in [6, 6.07) is 6.65. The molecule has 1 aromatic carbocycles. The summed E-state index contributed by atoms with van der Waals surface area (Å²) in [5.74, 6) is 0.197. The topological polar surface area (TPSA) is 52.6 Å². The number of Topliss-reactive ketones (excluding diaryl/α,β-unsaturated/α-hetero) is 1. The summed E-state index contributed by atoms with van der Waals surface area (Å²) in [6.07, 6.45) is -0.211. The molecule has 0 saturated heterocycles. The number of benzene rings is 1. The largest absolute Gasteiger partial charge is 0.497 e. The molecule has 0 spiro atoms. The zero-order valence-electron chi connectivity index (χ0n) is 8.65. The van der Waals surface area contributed by atoms with Crippen molar-refractivity contribution in [3.05, 3.63) is 24.3 Å². The van der Waals surface area contributed by atoms with Crippen molar-refractivity contribution in [2.75, 3.05) is 7.11 Å². The molecule has 0 radical (unpaired) electrons. The first kappa shape index (κ1) is 11.2. The average molecular weight is 208 g/mol. The van der Waals surface area contributed by atoms with Crippen molar-refractivity contribution < 1.29 is 19.1 Å². The number of rotatable bonds is 4. The molecule has 0 heterocycles. The Balaban J connectivity index is 2.63. The lowest BCUT2D eigenvalue weighted by atomic mass is 10.3. The Morgan fingerprint density at radius 3 is 2.53 bits per heavy atom. The second kappa shape index (κ2) is 5.14. The van der Waals surface area contributed by atoms with Gasteiger partial charge < -0.3 is 9.47 Å². The van der Waals surface area contributed by atoms with E-state index in [9.17, 15) is 9.59 Å². The monoisotopic (exact) mass is 208 g/mol. The zero-order valence-corrected chi connectivity index (χ0v) is 8.65. The molecule has 0 fully saturated rings. The fourth-order valence-corrected chi connectivity index (χ4v) is 1.04. The second-order valence-corrected chi connectivity index (χ2v) is 3.03. The highest BCUT2D eigenvalue weighted by atomic mass is 16.5. The molecule has 1 aromatic rings. The van der Waals surface area contributed by atoms with Gasteiger partial charge in [-0.15, -0.1) is 0 Å². The van der Waals surface area contributed by atoms with E-state index >= 15 is 0 Å². The predicted octanol–water partition coefficient (Wildman–Crippen LogP) is 1.58. The van der Waals surface area contributed by atoms with Crippen LogP contribution in [0.15, 0.2) is 24.3 Å². The van der Waals surface area contributed by atoms with Gasteiger partial charge in [-0.25, -0.2) is 0 Å². The zero-order chi connectivity index (χ0) is 11.3. The van der Waals surface area contributed by atoms with Gasteiger partial charge in [-0.1, -0.05) is 6.07 Å². The minimum Gasteiger partial charge on any atom is -0.497 e. The Labute approximate surface area is 87.8 Å². The van der Waals surface area contributed by atoms with Crippen LogP contribution in [0.2, 0.25) is 0 Å². The molecule has 0 aliphatic rings. The van der Waals surface area contributed by atoms with Crippen LogP contribution in [0, 0.1) is 0 Å². The lowest BCUT2D eigenvalue weighted by Crippen LogP contribution is -2.11. The van der Waals surface area contributed by atoms with Gasteiger partial charge in [0.15, 0.2) is 0 Å². The molecule has 0 unspecified atom stereocenters. The van der Waals surface area contributed by atoms with Crippen LogP contribution in [0.1, 0.15) is 13.3 Å². The highest BCUT2D eigenvalue weighted by Gasteiger charge is 2.08. The van der Waals surface area contributed by atoms with Gasteiger partial charge in [0.1, 0.15) is 23.7 Å². The smallest absolute Gasteiger partial charge is 0.318 e. The molecule has 0 N–H and O–H groups in total. The van der Waals surface area contributed by atoms with Crippen molar-refractivity contribution in [3.63, 3.8) is 0 Å². The number of ether oxygens (including phenoxy) is 2. The minimum atomic E-state index is -0.559. The summed E-state index contributed by atoms with van der Waals surface area (Å²) < 4.78 is 9.89. The quantitative estimate of drug-likeness (QED) is 0.428. The van der Waals surface area contributed by atoms with Crippen LogP contribution in [-0.2, 0) is 9.59 Å². The highest BCUT2D eigenvalue weighted by molar-refractivity contribution is 5.94. The van der Waals surface area contributed by atoms with Crippen LogP contribution < -0.4 is 9.47 Å². The van der Waals surface area contributed by atoms with Crippen molar-refractivity contribution in [1.29, 1.82) is 0 Å². The molecular formula is C11H12O4. The van der Waals surface area contributed by atoms with E-state index < -0.39 is 5.97 Å². The number of hydrogen-bond acceptors (Lipinski definition) is 4. The number of hydrogen-bond donors (Lipinski definition) is 0. The minimum absolute atomic E-state index is 0.211. The maximum absolute atomic E-state index is 11.1. The van der Waals surface area contributed by atoms with Crippen molar-refractivity contribution in [3.8, 4) is 11.5 Å². The van der Waals surface area contributed by atoms with E-state index in [0.717, 1.165) is 0 Å². The highest BCUT2D eigenvalue weighted by Crippen LogP contribution is 2.19. The van der Waals surface area contributed by atoms with Gasteiger partial charge in [-0.3, -0.25) is 9.59 Å². The van der Waals surface area contributed by atoms with Crippen LogP contribution in [0.5, 0.6) is 11.5 Å². The van der Waals surface area contributed by atoms with Crippen LogP contribution in [-0.4, -0.2) is 18.9 Å². The Morgan fingerprint density at radius 1 is 1.27 bits per heavy atom. The first-order valence-corrected chi connectivity index (χ1v) is 4.46. The van der Waals surface area contributed by atoms with E-state index in [1.54, 1.807) is 24.3 Å². The molecule has 80 valence electrons. The molecule has 0 atom stereocenters. The SMILES string of the molecule is COc1cccc(OC(=O)CC(C)=O)c1. The van der Waals surface area contributed by atoms with E-state index in [4.69, 9.17) is 9.47 Å². The molecule has 0 aromatic heterocycles. The van der Waals surface area contributed by atoms with E-state index in [2.05, 4.69) is 0 Å². The predicted molar refractivity (Wildman–Crippen MR) is 53.9 cm³/mol. The lowest BCUT2D eigenvalue weighted by Gasteiger charge is -2.04. The van der Waals surface area contributed by atoms with Crippen LogP contribution in [0.3, 0.4) is 0 Å². The summed E-state index contributed by atoms with van der Waals surface area (Å²) in [4.78, 5) is 21.8. The van der Waals surface area contributed by atoms with E-state index in [-0.39, 0.29) is 12.2 Å². The van der Waals surface area contributed by atoms with Crippen LogP contribution in [0.4, 0.5) is 0 Å². The fraction of sp³-hybridized carbons (Fsp3) is 0.273. The Hall–Kier alpha value is -1.84. The van der Waals surface area contributed by atoms with Gasteiger partial charge >= 0.3 is 5.97 Å². The van der Waals surface area contributed by atoms with E-state index in [1.165, 1.54) is 14.0 Å². The maximum atomic E-state index is 11.1. The van der Waals surface area contributed by atoms with E-state index in [0.29, 0.717) is 11.5 Å². The third-order valence-corrected chi connectivity index (χ3v) is 1.67. The van der Waals surface area contributed by atoms with Crippen molar-refractivity contribution in [1.82, 2.24) is 0 Å². The van der Waals surface area contributed by atoms with Crippen molar-refractivity contribution >= 4 is 11.8 Å². The van der Waals surface area contributed by atoms with Gasteiger partial charge in [0.2, 0.25) is 0 Å². The summed E-state index contributed by atoms with van der Waals surface area (Å²) in [7, 11) is 1.52. The molecule has 0 aliphatic heterocycles. The number of carbonyl (C=O) groups excluding carboxylic acids is 2. The van der Waals surface area contributed by atoms with Gasteiger partial charge in [-0.05, 0) is 19.1 Å². The molecule has 15 heavy (non-hydrogen) atoms. The third-order valence-electron chi connectivity index (χ3n) is 1.67. The number of esters is 1. The molecule has 0 saturated carbocycles. The average Bonchev–Trinajstić information content (AvgIpc) is 2.16. The maximum Gasteiger partial charge on any atom is 0.318 e. The summed E-state index contributed by atoms with van der Waals surface area (Å²) in [5, 5.41) is 0. The van der Waals surface area contributed by atoms with Crippen molar-refractivity contribution in [2.24, 2.45) is 0 Å². The van der Waals surface area contributed by atoms with Gasteiger partial charge in [0.25, 0.3) is 0 Å². The van der Waals surface area contributed by atoms with Gasteiger partial charge in [0.05, 0.1) is 7.11 Å². The first-order valence-electron chi connectivity index (χ1n) is 4.46.